The first-order valence-corrected chi connectivity index (χ1v) is 6.79. The van der Waals surface area contributed by atoms with Gasteiger partial charge in [0, 0.05) is 25.7 Å². The molecule has 2 atom stereocenters. The number of benzene rings is 1. The van der Waals surface area contributed by atoms with Gasteiger partial charge in [0.25, 0.3) is 0 Å². The van der Waals surface area contributed by atoms with Crippen LogP contribution in [-0.2, 0) is 11.3 Å². The predicted octanol–water partition coefficient (Wildman–Crippen LogP) is 2.00. The Kier molecular flexibility index (Phi) is 4.61. The van der Waals surface area contributed by atoms with E-state index >= 15 is 0 Å². The van der Waals surface area contributed by atoms with E-state index in [2.05, 4.69) is 34.5 Å². The Morgan fingerprint density at radius 1 is 1.50 bits per heavy atom. The third-order valence-electron chi connectivity index (χ3n) is 3.23. The van der Waals surface area contributed by atoms with E-state index in [0.717, 1.165) is 26.1 Å². The molecule has 1 aromatic rings. The molecule has 0 aromatic heterocycles. The largest absolute Gasteiger partial charge is 0.351 e. The number of nitrogens with one attached hydrogen (secondary N) is 1. The van der Waals surface area contributed by atoms with Gasteiger partial charge in [-0.25, -0.2) is 0 Å². The number of rotatable bonds is 4. The molecule has 98 valence electrons. The molecule has 1 aliphatic rings. The molecule has 0 saturated carbocycles. The third-order valence-corrected chi connectivity index (χ3v) is 3.43. The zero-order valence-electron chi connectivity index (χ0n) is 10.6. The average Bonchev–Trinajstić information content (AvgIpc) is 2.77. The van der Waals surface area contributed by atoms with E-state index in [1.807, 2.05) is 6.07 Å². The topological polar surface area (TPSA) is 32.3 Å². The van der Waals surface area contributed by atoms with Gasteiger partial charge in [-0.2, -0.15) is 0 Å². The SMILES string of the molecule is C[C@H](Cl)C(=O)N[C@H]1CCN(Cc2ccccc2)C1. The number of hydrogen-bond donors (Lipinski definition) is 1. The second-order valence-corrected chi connectivity index (χ2v) is 5.49. The van der Waals surface area contributed by atoms with E-state index < -0.39 is 5.38 Å². The first kappa shape index (κ1) is 13.4. The van der Waals surface area contributed by atoms with Crippen LogP contribution in [-0.4, -0.2) is 35.3 Å². The molecule has 0 radical (unpaired) electrons. The van der Waals surface area contributed by atoms with Gasteiger partial charge in [0.05, 0.1) is 0 Å². The average molecular weight is 267 g/mol. The van der Waals surface area contributed by atoms with Crippen LogP contribution in [0, 0.1) is 0 Å². The van der Waals surface area contributed by atoms with Crippen LogP contribution in [0.1, 0.15) is 18.9 Å². The lowest BCUT2D eigenvalue weighted by molar-refractivity contribution is -0.121. The van der Waals surface area contributed by atoms with Crippen LogP contribution < -0.4 is 5.32 Å². The molecule has 1 amide bonds. The van der Waals surface area contributed by atoms with Crippen molar-refractivity contribution < 1.29 is 4.79 Å². The molecule has 18 heavy (non-hydrogen) atoms. The fourth-order valence-corrected chi connectivity index (χ4v) is 2.31. The number of carbonyl (C=O) groups is 1. The molecule has 1 aliphatic heterocycles. The monoisotopic (exact) mass is 266 g/mol. The van der Waals surface area contributed by atoms with Crippen molar-refractivity contribution in [2.24, 2.45) is 0 Å². The highest BCUT2D eigenvalue weighted by atomic mass is 35.5. The van der Waals surface area contributed by atoms with Crippen LogP contribution in [0.2, 0.25) is 0 Å². The molecule has 0 spiro atoms. The highest BCUT2D eigenvalue weighted by molar-refractivity contribution is 6.30. The standard InChI is InChI=1S/C14H19ClN2O/c1-11(15)14(18)16-13-7-8-17(10-13)9-12-5-3-2-4-6-12/h2-6,11,13H,7-10H2,1H3,(H,16,18)/t11-,13-/m0/s1. The molecule has 1 aromatic carbocycles. The summed E-state index contributed by atoms with van der Waals surface area (Å²) >= 11 is 5.75. The van der Waals surface area contributed by atoms with Gasteiger partial charge in [0.1, 0.15) is 5.38 Å². The number of halogens is 1. The highest BCUT2D eigenvalue weighted by Gasteiger charge is 2.24. The predicted molar refractivity (Wildman–Crippen MR) is 73.6 cm³/mol. The fourth-order valence-electron chi connectivity index (χ4n) is 2.25. The lowest BCUT2D eigenvalue weighted by atomic mass is 10.2. The molecular weight excluding hydrogens is 248 g/mol. The molecular formula is C14H19ClN2O. The van der Waals surface area contributed by atoms with Gasteiger partial charge in [0.15, 0.2) is 0 Å². The van der Waals surface area contributed by atoms with Gasteiger partial charge in [-0.05, 0) is 18.9 Å². The second-order valence-electron chi connectivity index (χ2n) is 4.83. The number of likely N-dealkylation sites (tertiary alicyclic amines) is 1. The van der Waals surface area contributed by atoms with Gasteiger partial charge in [-0.1, -0.05) is 30.3 Å². The lowest BCUT2D eigenvalue weighted by Gasteiger charge is -2.17. The van der Waals surface area contributed by atoms with Crippen molar-refractivity contribution in [3.63, 3.8) is 0 Å². The highest BCUT2D eigenvalue weighted by Crippen LogP contribution is 2.13. The summed E-state index contributed by atoms with van der Waals surface area (Å²) in [7, 11) is 0. The second kappa shape index (κ2) is 6.21. The first-order valence-electron chi connectivity index (χ1n) is 6.36. The Bertz CT molecular complexity index is 394. The molecule has 1 fully saturated rings. The summed E-state index contributed by atoms with van der Waals surface area (Å²) in [5, 5.41) is 2.53. The fraction of sp³-hybridized carbons (Fsp3) is 0.500. The smallest absolute Gasteiger partial charge is 0.238 e. The van der Waals surface area contributed by atoms with Crippen molar-refractivity contribution >= 4 is 17.5 Å². The summed E-state index contributed by atoms with van der Waals surface area (Å²) in [6.45, 7) is 4.58. The van der Waals surface area contributed by atoms with Gasteiger partial charge in [-0.3, -0.25) is 9.69 Å². The quantitative estimate of drug-likeness (QED) is 0.846. The number of alkyl halides is 1. The van der Waals surface area contributed by atoms with Crippen LogP contribution in [0.25, 0.3) is 0 Å². The van der Waals surface area contributed by atoms with Gasteiger partial charge in [-0.15, -0.1) is 11.6 Å². The minimum atomic E-state index is -0.451. The van der Waals surface area contributed by atoms with E-state index in [0.29, 0.717) is 0 Å². The number of amides is 1. The lowest BCUT2D eigenvalue weighted by Crippen LogP contribution is -2.40. The summed E-state index contributed by atoms with van der Waals surface area (Å²) in [5.74, 6) is -0.0665. The van der Waals surface area contributed by atoms with E-state index in [9.17, 15) is 4.79 Å². The van der Waals surface area contributed by atoms with Crippen molar-refractivity contribution in [2.75, 3.05) is 13.1 Å². The Morgan fingerprint density at radius 3 is 2.89 bits per heavy atom. The number of hydrogen-bond acceptors (Lipinski definition) is 2. The Labute approximate surface area is 113 Å². The van der Waals surface area contributed by atoms with Crippen molar-refractivity contribution in [2.45, 2.75) is 31.3 Å². The minimum absolute atomic E-state index is 0.0665. The Balaban J connectivity index is 1.80. The summed E-state index contributed by atoms with van der Waals surface area (Å²) in [6, 6.07) is 10.6. The first-order chi connectivity index (χ1) is 8.65. The third kappa shape index (κ3) is 3.72. The number of nitrogens with zero attached hydrogens (tertiary/aromatic N) is 1. The van der Waals surface area contributed by atoms with Gasteiger partial charge < -0.3 is 5.32 Å². The maximum atomic E-state index is 11.5. The van der Waals surface area contributed by atoms with E-state index in [1.165, 1.54) is 5.56 Å². The molecule has 3 nitrogen and oxygen atoms in total. The van der Waals surface area contributed by atoms with Crippen LogP contribution in [0.4, 0.5) is 0 Å². The Morgan fingerprint density at radius 2 is 2.22 bits per heavy atom. The molecule has 1 N–H and O–H groups in total. The van der Waals surface area contributed by atoms with Gasteiger partial charge in [0.2, 0.25) is 5.91 Å². The Hall–Kier alpha value is -1.06. The maximum Gasteiger partial charge on any atom is 0.238 e. The normalized spacial score (nSPS) is 21.8. The molecule has 0 aliphatic carbocycles. The van der Waals surface area contributed by atoms with Crippen LogP contribution in [0.15, 0.2) is 30.3 Å². The van der Waals surface area contributed by atoms with Crippen molar-refractivity contribution in [3.8, 4) is 0 Å². The zero-order chi connectivity index (χ0) is 13.0. The molecule has 4 heteroatoms. The maximum absolute atomic E-state index is 11.5. The van der Waals surface area contributed by atoms with Crippen molar-refractivity contribution in [1.29, 1.82) is 0 Å². The van der Waals surface area contributed by atoms with Gasteiger partial charge >= 0.3 is 0 Å². The number of carbonyl (C=O) groups excluding carboxylic acids is 1. The molecule has 2 rings (SSSR count). The molecule has 1 saturated heterocycles. The van der Waals surface area contributed by atoms with Crippen LogP contribution in [0.3, 0.4) is 0 Å². The summed E-state index contributed by atoms with van der Waals surface area (Å²) in [6.07, 6.45) is 1.00. The van der Waals surface area contributed by atoms with Crippen molar-refractivity contribution in [3.05, 3.63) is 35.9 Å². The van der Waals surface area contributed by atoms with E-state index in [1.54, 1.807) is 6.92 Å². The van der Waals surface area contributed by atoms with E-state index in [-0.39, 0.29) is 11.9 Å². The molecule has 0 bridgehead atoms. The summed E-state index contributed by atoms with van der Waals surface area (Å²) in [4.78, 5) is 13.9. The zero-order valence-corrected chi connectivity index (χ0v) is 11.4. The molecule has 0 unspecified atom stereocenters. The minimum Gasteiger partial charge on any atom is -0.351 e. The summed E-state index contributed by atoms with van der Waals surface area (Å²) in [5.41, 5.74) is 1.31. The summed E-state index contributed by atoms with van der Waals surface area (Å²) < 4.78 is 0. The van der Waals surface area contributed by atoms with Crippen molar-refractivity contribution in [1.82, 2.24) is 10.2 Å². The van der Waals surface area contributed by atoms with Crippen LogP contribution >= 0.6 is 11.6 Å². The molecule has 1 heterocycles. The van der Waals surface area contributed by atoms with Crippen LogP contribution in [0.5, 0.6) is 0 Å². The van der Waals surface area contributed by atoms with E-state index in [4.69, 9.17) is 11.6 Å².